The second kappa shape index (κ2) is 7.63. The third-order valence-corrected chi connectivity index (χ3v) is 4.18. The van der Waals surface area contributed by atoms with Crippen molar-refractivity contribution < 1.29 is 5.11 Å². The molecule has 0 spiro atoms. The highest BCUT2D eigenvalue weighted by Crippen LogP contribution is 2.24. The van der Waals surface area contributed by atoms with Gasteiger partial charge >= 0.3 is 0 Å². The van der Waals surface area contributed by atoms with Crippen molar-refractivity contribution in [2.24, 2.45) is 5.73 Å². The van der Waals surface area contributed by atoms with Crippen LogP contribution in [0.4, 0.5) is 0 Å². The van der Waals surface area contributed by atoms with Crippen LogP contribution in [-0.4, -0.2) is 35.7 Å². The Morgan fingerprint density at radius 3 is 2.47 bits per heavy atom. The Hall–Kier alpha value is -0.900. The van der Waals surface area contributed by atoms with E-state index in [-0.39, 0.29) is 12.6 Å². The van der Waals surface area contributed by atoms with Crippen molar-refractivity contribution in [2.75, 3.05) is 19.7 Å². The van der Waals surface area contributed by atoms with Gasteiger partial charge in [0.15, 0.2) is 0 Å². The number of rotatable bonds is 7. The van der Waals surface area contributed by atoms with Crippen molar-refractivity contribution in [2.45, 2.75) is 44.2 Å². The molecule has 1 fully saturated rings. The fourth-order valence-electron chi connectivity index (χ4n) is 3.05. The van der Waals surface area contributed by atoms with Crippen LogP contribution in [0.5, 0.6) is 0 Å². The van der Waals surface area contributed by atoms with Crippen molar-refractivity contribution in [1.82, 2.24) is 4.90 Å². The first-order chi connectivity index (χ1) is 9.31. The second-order valence-electron chi connectivity index (χ2n) is 5.50. The van der Waals surface area contributed by atoms with Crippen LogP contribution in [0.25, 0.3) is 0 Å². The van der Waals surface area contributed by atoms with Crippen LogP contribution in [0.2, 0.25) is 0 Å². The fourth-order valence-corrected chi connectivity index (χ4v) is 3.05. The van der Waals surface area contributed by atoms with Crippen molar-refractivity contribution >= 4 is 0 Å². The van der Waals surface area contributed by atoms with Crippen molar-refractivity contribution in [1.29, 1.82) is 0 Å². The molecule has 0 saturated heterocycles. The minimum absolute atomic E-state index is 0.101. The number of nitrogens with two attached hydrogens (primary N) is 1. The van der Waals surface area contributed by atoms with E-state index < -0.39 is 0 Å². The lowest BCUT2D eigenvalue weighted by Gasteiger charge is -2.29. The molecule has 19 heavy (non-hydrogen) atoms. The van der Waals surface area contributed by atoms with Gasteiger partial charge in [0.25, 0.3) is 0 Å². The van der Waals surface area contributed by atoms with Gasteiger partial charge in [-0.3, -0.25) is 4.90 Å². The molecular formula is C16H26N2O. The highest BCUT2D eigenvalue weighted by molar-refractivity contribution is 5.18. The molecule has 1 aromatic carbocycles. The number of nitrogens with zero attached hydrogens (tertiary/aromatic N) is 1. The van der Waals surface area contributed by atoms with Crippen LogP contribution >= 0.6 is 0 Å². The normalized spacial score (nSPS) is 18.1. The van der Waals surface area contributed by atoms with Gasteiger partial charge in [0.2, 0.25) is 0 Å². The molecular weight excluding hydrogens is 236 g/mol. The van der Waals surface area contributed by atoms with Gasteiger partial charge in [-0.1, -0.05) is 43.2 Å². The van der Waals surface area contributed by atoms with Gasteiger partial charge in [-0.05, 0) is 24.8 Å². The van der Waals surface area contributed by atoms with Crippen LogP contribution in [0, 0.1) is 0 Å². The molecule has 106 valence electrons. The topological polar surface area (TPSA) is 49.5 Å². The molecule has 0 radical (unpaired) electrons. The summed E-state index contributed by atoms with van der Waals surface area (Å²) in [5.74, 6) is 0. The summed E-state index contributed by atoms with van der Waals surface area (Å²) in [7, 11) is 0. The smallest absolute Gasteiger partial charge is 0.0558 e. The van der Waals surface area contributed by atoms with Gasteiger partial charge in [-0.15, -0.1) is 0 Å². The molecule has 1 aliphatic carbocycles. The standard InChI is InChI=1S/C16H26N2O/c17-16(14-6-2-1-3-7-14)10-11-18(12-13-19)15-8-4-5-9-15/h1-3,6-7,15-16,19H,4-5,8-13,17H2. The lowest BCUT2D eigenvalue weighted by atomic mass is 10.0. The first-order valence-electron chi connectivity index (χ1n) is 7.46. The second-order valence-corrected chi connectivity index (χ2v) is 5.50. The number of aliphatic hydroxyl groups excluding tert-OH is 1. The molecule has 0 amide bonds. The van der Waals surface area contributed by atoms with Gasteiger partial charge in [0, 0.05) is 25.2 Å². The zero-order valence-corrected chi connectivity index (χ0v) is 11.7. The van der Waals surface area contributed by atoms with Gasteiger partial charge in [-0.25, -0.2) is 0 Å². The van der Waals surface area contributed by atoms with Gasteiger partial charge in [-0.2, -0.15) is 0 Å². The highest BCUT2D eigenvalue weighted by atomic mass is 16.3. The summed E-state index contributed by atoms with van der Waals surface area (Å²) in [5.41, 5.74) is 7.46. The van der Waals surface area contributed by atoms with E-state index in [0.29, 0.717) is 6.04 Å². The number of hydrogen-bond donors (Lipinski definition) is 2. The van der Waals surface area contributed by atoms with E-state index in [1.807, 2.05) is 18.2 Å². The summed E-state index contributed by atoms with van der Waals surface area (Å²) in [6, 6.07) is 11.0. The predicted molar refractivity (Wildman–Crippen MR) is 78.9 cm³/mol. The lowest BCUT2D eigenvalue weighted by Crippen LogP contribution is -2.37. The fraction of sp³-hybridized carbons (Fsp3) is 0.625. The largest absolute Gasteiger partial charge is 0.395 e. The molecule has 0 aromatic heterocycles. The molecule has 1 atom stereocenters. The lowest BCUT2D eigenvalue weighted by molar-refractivity contribution is 0.147. The number of benzene rings is 1. The first-order valence-corrected chi connectivity index (χ1v) is 7.46. The summed E-state index contributed by atoms with van der Waals surface area (Å²) < 4.78 is 0. The molecule has 2 rings (SSSR count). The van der Waals surface area contributed by atoms with Crippen molar-refractivity contribution in [3.8, 4) is 0 Å². The Morgan fingerprint density at radius 2 is 1.84 bits per heavy atom. The maximum atomic E-state index is 9.21. The molecule has 0 bridgehead atoms. The first kappa shape index (κ1) is 14.5. The highest BCUT2D eigenvalue weighted by Gasteiger charge is 2.22. The van der Waals surface area contributed by atoms with E-state index in [9.17, 15) is 5.11 Å². The molecule has 1 unspecified atom stereocenters. The summed E-state index contributed by atoms with van der Waals surface area (Å²) in [4.78, 5) is 2.43. The monoisotopic (exact) mass is 262 g/mol. The number of hydrogen-bond acceptors (Lipinski definition) is 3. The van der Waals surface area contributed by atoms with E-state index in [2.05, 4.69) is 17.0 Å². The van der Waals surface area contributed by atoms with Crippen LogP contribution in [0.1, 0.15) is 43.7 Å². The quantitative estimate of drug-likeness (QED) is 0.793. The van der Waals surface area contributed by atoms with Crippen LogP contribution in [0.3, 0.4) is 0 Å². The van der Waals surface area contributed by atoms with E-state index in [4.69, 9.17) is 5.73 Å². The minimum atomic E-state index is 0.101. The molecule has 3 nitrogen and oxygen atoms in total. The van der Waals surface area contributed by atoms with Gasteiger partial charge in [0.1, 0.15) is 0 Å². The average Bonchev–Trinajstić information content (AvgIpc) is 2.98. The van der Waals surface area contributed by atoms with E-state index in [1.165, 1.54) is 31.2 Å². The van der Waals surface area contributed by atoms with E-state index in [0.717, 1.165) is 19.5 Å². The Morgan fingerprint density at radius 1 is 1.16 bits per heavy atom. The third kappa shape index (κ3) is 4.30. The molecule has 3 N–H and O–H groups in total. The molecule has 1 saturated carbocycles. The Bertz CT molecular complexity index is 349. The van der Waals surface area contributed by atoms with Crippen molar-refractivity contribution in [3.63, 3.8) is 0 Å². The molecule has 3 heteroatoms. The Balaban J connectivity index is 1.84. The van der Waals surface area contributed by atoms with Gasteiger partial charge in [0.05, 0.1) is 6.61 Å². The van der Waals surface area contributed by atoms with E-state index in [1.54, 1.807) is 0 Å². The van der Waals surface area contributed by atoms with Crippen LogP contribution < -0.4 is 5.73 Å². The third-order valence-electron chi connectivity index (χ3n) is 4.18. The van der Waals surface area contributed by atoms with Crippen molar-refractivity contribution in [3.05, 3.63) is 35.9 Å². The van der Waals surface area contributed by atoms with Gasteiger partial charge < -0.3 is 10.8 Å². The Labute approximate surface area is 116 Å². The average molecular weight is 262 g/mol. The summed E-state index contributed by atoms with van der Waals surface area (Å²) >= 11 is 0. The molecule has 1 aliphatic rings. The van der Waals surface area contributed by atoms with Crippen LogP contribution in [-0.2, 0) is 0 Å². The zero-order valence-electron chi connectivity index (χ0n) is 11.7. The maximum absolute atomic E-state index is 9.21. The zero-order chi connectivity index (χ0) is 13.5. The Kier molecular flexibility index (Phi) is 5.83. The summed E-state index contributed by atoms with van der Waals surface area (Å²) in [6.07, 6.45) is 6.18. The number of aliphatic hydroxyl groups is 1. The van der Waals surface area contributed by atoms with E-state index >= 15 is 0 Å². The molecule has 0 aliphatic heterocycles. The molecule has 0 heterocycles. The molecule has 1 aromatic rings. The maximum Gasteiger partial charge on any atom is 0.0558 e. The SMILES string of the molecule is NC(CCN(CCO)C1CCCC1)c1ccccc1. The van der Waals surface area contributed by atoms with Crippen LogP contribution in [0.15, 0.2) is 30.3 Å². The predicted octanol–water partition coefficient (Wildman–Crippen LogP) is 2.31. The summed E-state index contributed by atoms with van der Waals surface area (Å²) in [6.45, 7) is 2.02. The summed E-state index contributed by atoms with van der Waals surface area (Å²) in [5, 5.41) is 9.21. The minimum Gasteiger partial charge on any atom is -0.395 e.